The van der Waals surface area contributed by atoms with E-state index >= 15 is 0 Å². The zero-order valence-electron chi connectivity index (χ0n) is 17.1. The van der Waals surface area contributed by atoms with E-state index in [1.807, 2.05) is 32.0 Å². The third-order valence-electron chi connectivity index (χ3n) is 4.87. The number of aryl methyl sites for hydroxylation is 1. The fourth-order valence-electron chi connectivity index (χ4n) is 3.66. The van der Waals surface area contributed by atoms with Gasteiger partial charge in [0, 0.05) is 6.07 Å². The molecule has 0 saturated heterocycles. The van der Waals surface area contributed by atoms with Crippen LogP contribution >= 0.6 is 0 Å². The van der Waals surface area contributed by atoms with Crippen molar-refractivity contribution < 1.29 is 17.9 Å². The Kier molecular flexibility index (Phi) is 6.47. The van der Waals surface area contributed by atoms with Gasteiger partial charge in [0.15, 0.2) is 0 Å². The Morgan fingerprint density at radius 1 is 1.21 bits per heavy atom. The third-order valence-corrected chi connectivity index (χ3v) is 6.01. The van der Waals surface area contributed by atoms with Crippen LogP contribution in [0.1, 0.15) is 43.9 Å². The van der Waals surface area contributed by atoms with E-state index in [9.17, 15) is 13.2 Å². The van der Waals surface area contributed by atoms with Crippen LogP contribution in [0.4, 0.5) is 5.69 Å². The van der Waals surface area contributed by atoms with Gasteiger partial charge in [-0.1, -0.05) is 30.3 Å². The molecule has 2 aromatic rings. The number of amides is 1. The second-order valence-electron chi connectivity index (χ2n) is 7.64. The number of anilines is 1. The maximum Gasteiger partial charge on any atom is 0.241 e. The van der Waals surface area contributed by atoms with Crippen LogP contribution in [-0.2, 0) is 21.2 Å². The van der Waals surface area contributed by atoms with Gasteiger partial charge in [-0.15, -0.1) is 0 Å². The van der Waals surface area contributed by atoms with Gasteiger partial charge in [-0.05, 0) is 56.4 Å². The van der Waals surface area contributed by atoms with Gasteiger partial charge in [0.25, 0.3) is 0 Å². The summed E-state index contributed by atoms with van der Waals surface area (Å²) in [7, 11) is -3.64. The highest BCUT2D eigenvalue weighted by atomic mass is 32.2. The monoisotopic (exact) mass is 416 g/mol. The number of fused-ring (bicyclic) bond motifs is 1. The molecule has 1 unspecified atom stereocenters. The first kappa shape index (κ1) is 21.2. The van der Waals surface area contributed by atoms with E-state index in [1.165, 1.54) is 5.56 Å². The van der Waals surface area contributed by atoms with Crippen LogP contribution in [0.2, 0.25) is 0 Å². The van der Waals surface area contributed by atoms with E-state index in [4.69, 9.17) is 4.74 Å². The molecule has 0 saturated carbocycles. The van der Waals surface area contributed by atoms with Crippen molar-refractivity contribution in [1.29, 1.82) is 0 Å². The van der Waals surface area contributed by atoms with E-state index in [0.717, 1.165) is 35.4 Å². The summed E-state index contributed by atoms with van der Waals surface area (Å²) >= 11 is 0. The maximum absolute atomic E-state index is 12.8. The molecule has 156 valence electrons. The minimum absolute atomic E-state index is 0.0356. The molecule has 0 aromatic heterocycles. The van der Waals surface area contributed by atoms with Gasteiger partial charge >= 0.3 is 0 Å². The smallest absolute Gasteiger partial charge is 0.241 e. The van der Waals surface area contributed by atoms with Gasteiger partial charge in [-0.3, -0.25) is 9.10 Å². The molecule has 7 heteroatoms. The highest BCUT2D eigenvalue weighted by Crippen LogP contribution is 2.29. The summed E-state index contributed by atoms with van der Waals surface area (Å²) in [5.41, 5.74) is 2.76. The Labute approximate surface area is 172 Å². The number of carbonyl (C=O) groups is 1. The maximum atomic E-state index is 12.8. The number of hydrogen-bond acceptors (Lipinski definition) is 4. The zero-order chi connectivity index (χ0) is 21.0. The van der Waals surface area contributed by atoms with Crippen LogP contribution in [0, 0.1) is 0 Å². The molecule has 0 heterocycles. The summed E-state index contributed by atoms with van der Waals surface area (Å²) < 4.78 is 31.6. The van der Waals surface area contributed by atoms with Gasteiger partial charge in [0.05, 0.1) is 24.1 Å². The Balaban J connectivity index is 1.77. The SMILES string of the molecule is CC(C)Oc1cccc(N(CC(=O)NC2CCCc3ccccc32)S(C)(=O)=O)c1. The van der Waals surface area contributed by atoms with Crippen LogP contribution in [0.3, 0.4) is 0 Å². The molecule has 1 aliphatic carbocycles. The largest absolute Gasteiger partial charge is 0.491 e. The fourth-order valence-corrected chi connectivity index (χ4v) is 4.51. The predicted molar refractivity (Wildman–Crippen MR) is 115 cm³/mol. The summed E-state index contributed by atoms with van der Waals surface area (Å²) in [6.07, 6.45) is 3.91. The standard InChI is InChI=1S/C22H28N2O4S/c1-16(2)28-19-11-7-10-18(14-19)24(29(3,26)27)15-22(25)23-21-13-6-9-17-8-4-5-12-20(17)21/h4-5,7-8,10-12,14,16,21H,6,9,13,15H2,1-3H3,(H,23,25). The molecule has 0 radical (unpaired) electrons. The van der Waals surface area contributed by atoms with E-state index in [-0.39, 0.29) is 24.6 Å². The van der Waals surface area contributed by atoms with Gasteiger partial charge in [-0.25, -0.2) is 8.42 Å². The van der Waals surface area contributed by atoms with E-state index in [0.29, 0.717) is 11.4 Å². The first-order valence-corrected chi connectivity index (χ1v) is 11.7. The van der Waals surface area contributed by atoms with Gasteiger partial charge in [0.2, 0.25) is 15.9 Å². The minimum atomic E-state index is -3.64. The molecule has 0 aliphatic heterocycles. The lowest BCUT2D eigenvalue weighted by atomic mass is 9.88. The lowest BCUT2D eigenvalue weighted by Gasteiger charge is -2.28. The second-order valence-corrected chi connectivity index (χ2v) is 9.55. The van der Waals surface area contributed by atoms with Crippen molar-refractivity contribution >= 4 is 21.6 Å². The highest BCUT2D eigenvalue weighted by molar-refractivity contribution is 7.92. The minimum Gasteiger partial charge on any atom is -0.491 e. The van der Waals surface area contributed by atoms with Crippen molar-refractivity contribution in [2.45, 2.75) is 45.3 Å². The molecule has 0 bridgehead atoms. The number of nitrogens with one attached hydrogen (secondary N) is 1. The number of carbonyl (C=O) groups excluding carboxylic acids is 1. The summed E-state index contributed by atoms with van der Waals surface area (Å²) in [6.45, 7) is 3.52. The first-order valence-electron chi connectivity index (χ1n) is 9.85. The molecule has 0 spiro atoms. The quantitative estimate of drug-likeness (QED) is 0.750. The predicted octanol–water partition coefficient (Wildman–Crippen LogP) is 3.43. The number of ether oxygens (including phenoxy) is 1. The molecule has 3 rings (SSSR count). The Morgan fingerprint density at radius 2 is 1.97 bits per heavy atom. The molecule has 1 N–H and O–H groups in total. The van der Waals surface area contributed by atoms with Crippen LogP contribution in [-0.4, -0.2) is 33.2 Å². The van der Waals surface area contributed by atoms with Gasteiger partial charge in [0.1, 0.15) is 12.3 Å². The molecule has 1 aliphatic rings. The van der Waals surface area contributed by atoms with Gasteiger partial charge in [-0.2, -0.15) is 0 Å². The lowest BCUT2D eigenvalue weighted by molar-refractivity contribution is -0.120. The van der Waals surface area contributed by atoms with Crippen molar-refractivity contribution in [2.24, 2.45) is 0 Å². The molecule has 2 aromatic carbocycles. The van der Waals surface area contributed by atoms with Crippen molar-refractivity contribution in [3.8, 4) is 5.75 Å². The summed E-state index contributed by atoms with van der Waals surface area (Å²) in [5, 5.41) is 3.02. The summed E-state index contributed by atoms with van der Waals surface area (Å²) in [4.78, 5) is 12.8. The topological polar surface area (TPSA) is 75.7 Å². The van der Waals surface area contributed by atoms with E-state index in [1.54, 1.807) is 24.3 Å². The molecule has 29 heavy (non-hydrogen) atoms. The van der Waals surface area contributed by atoms with Crippen LogP contribution < -0.4 is 14.4 Å². The number of hydrogen-bond donors (Lipinski definition) is 1. The zero-order valence-corrected chi connectivity index (χ0v) is 17.9. The van der Waals surface area contributed by atoms with Crippen LogP contribution in [0.5, 0.6) is 5.75 Å². The molecular formula is C22H28N2O4S. The lowest BCUT2D eigenvalue weighted by Crippen LogP contribution is -2.42. The second kappa shape index (κ2) is 8.86. The van der Waals surface area contributed by atoms with Crippen LogP contribution in [0.15, 0.2) is 48.5 Å². The van der Waals surface area contributed by atoms with Crippen LogP contribution in [0.25, 0.3) is 0 Å². The summed E-state index contributed by atoms with van der Waals surface area (Å²) in [6, 6.07) is 14.8. The molecule has 1 atom stereocenters. The Morgan fingerprint density at radius 3 is 2.69 bits per heavy atom. The fraction of sp³-hybridized carbons (Fsp3) is 0.409. The average molecular weight is 417 g/mol. The molecule has 0 fully saturated rings. The normalized spacial score (nSPS) is 16.2. The van der Waals surface area contributed by atoms with E-state index in [2.05, 4.69) is 11.4 Å². The van der Waals surface area contributed by atoms with Gasteiger partial charge < -0.3 is 10.1 Å². The van der Waals surface area contributed by atoms with Crippen molar-refractivity contribution in [1.82, 2.24) is 5.32 Å². The van der Waals surface area contributed by atoms with E-state index < -0.39 is 10.0 Å². The Hall–Kier alpha value is -2.54. The van der Waals surface area contributed by atoms with Crippen molar-refractivity contribution in [3.05, 3.63) is 59.7 Å². The van der Waals surface area contributed by atoms with Crippen molar-refractivity contribution in [2.75, 3.05) is 17.1 Å². The number of benzene rings is 2. The molecule has 6 nitrogen and oxygen atoms in total. The van der Waals surface area contributed by atoms with Crippen molar-refractivity contribution in [3.63, 3.8) is 0 Å². The molecular weight excluding hydrogens is 388 g/mol. The molecule has 1 amide bonds. The number of sulfonamides is 1. The Bertz CT molecular complexity index is 972. The summed E-state index contributed by atoms with van der Waals surface area (Å²) in [5.74, 6) is 0.236. The number of nitrogens with zero attached hydrogens (tertiary/aromatic N) is 1. The highest BCUT2D eigenvalue weighted by Gasteiger charge is 2.25. The average Bonchev–Trinajstić information content (AvgIpc) is 2.65. The first-order chi connectivity index (χ1) is 13.7. The third kappa shape index (κ3) is 5.50. The number of rotatable bonds is 7.